The quantitative estimate of drug-likeness (QED) is 0.0882. The zero-order valence-electron chi connectivity index (χ0n) is 31.7. The van der Waals surface area contributed by atoms with E-state index in [0.29, 0.717) is 25.9 Å². The Morgan fingerprint density at radius 1 is 0.778 bits per heavy atom. The Morgan fingerprint density at radius 3 is 2.30 bits per heavy atom. The van der Waals surface area contributed by atoms with Crippen LogP contribution in [0.15, 0.2) is 115 Å². The van der Waals surface area contributed by atoms with Crippen LogP contribution in [0.2, 0.25) is 0 Å². The topological polar surface area (TPSA) is 100 Å². The second kappa shape index (κ2) is 18.9. The standard InChI is InChI=1S/C46H53N3O5/c1-32(40-24-21-36-11-6-7-12-42(36)27-40)49(3)30-43-28-44(38-17-15-34(31-50)16-18-38)54-46(53-43)39-22-19-37(20-23-39)41-13-9-10-35(26-41)29-48-45(52)14-5-4-8-25-47-33(2)51/h6-7,9-13,15-24,26-27,32,43-44,46,50H,4-5,8,14,25,28-31H2,1-3H3,(H,47,51)(H,48,52)/t32-,43+,44-,46-/m1/s1. The number of ether oxygens (including phenoxy) is 2. The predicted molar refractivity (Wildman–Crippen MR) is 214 cm³/mol. The molecule has 0 radical (unpaired) electrons. The lowest BCUT2D eigenvalue weighted by Crippen LogP contribution is -2.38. The third kappa shape index (κ3) is 10.6. The fourth-order valence-corrected chi connectivity index (χ4v) is 7.07. The Bertz CT molecular complexity index is 1980. The summed E-state index contributed by atoms with van der Waals surface area (Å²) >= 11 is 0. The molecule has 1 aliphatic rings. The van der Waals surface area contributed by atoms with Crippen molar-refractivity contribution in [2.24, 2.45) is 0 Å². The number of carbonyl (C=O) groups is 2. The van der Waals surface area contributed by atoms with Gasteiger partial charge in [-0.1, -0.05) is 110 Å². The fraction of sp³-hybridized carbons (Fsp3) is 0.348. The average Bonchev–Trinajstić information content (AvgIpc) is 3.20. The number of nitrogens with zero attached hydrogens (tertiary/aromatic N) is 1. The van der Waals surface area contributed by atoms with Gasteiger partial charge in [-0.25, -0.2) is 0 Å². The summed E-state index contributed by atoms with van der Waals surface area (Å²) in [6, 6.07) is 40.0. The lowest BCUT2D eigenvalue weighted by Gasteiger charge is -2.39. The van der Waals surface area contributed by atoms with Crippen LogP contribution in [0.3, 0.4) is 0 Å². The van der Waals surface area contributed by atoms with Gasteiger partial charge in [0.25, 0.3) is 0 Å². The molecule has 0 spiro atoms. The van der Waals surface area contributed by atoms with Gasteiger partial charge in [0.15, 0.2) is 6.29 Å². The number of carbonyl (C=O) groups excluding carboxylic acids is 2. The van der Waals surface area contributed by atoms with Crippen LogP contribution in [0, 0.1) is 0 Å². The van der Waals surface area contributed by atoms with Gasteiger partial charge < -0.3 is 25.2 Å². The van der Waals surface area contributed by atoms with Crippen molar-refractivity contribution in [1.29, 1.82) is 0 Å². The molecule has 0 aliphatic carbocycles. The molecule has 0 bridgehead atoms. The summed E-state index contributed by atoms with van der Waals surface area (Å²) in [6.07, 6.45) is 2.97. The highest BCUT2D eigenvalue weighted by atomic mass is 16.7. The Kier molecular flexibility index (Phi) is 13.6. The Balaban J connectivity index is 1.10. The van der Waals surface area contributed by atoms with E-state index in [1.807, 2.05) is 36.4 Å². The summed E-state index contributed by atoms with van der Waals surface area (Å²) in [6.45, 7) is 5.62. The molecular weight excluding hydrogens is 675 g/mol. The molecule has 0 aromatic heterocycles. The van der Waals surface area contributed by atoms with Crippen LogP contribution in [0.25, 0.3) is 21.9 Å². The predicted octanol–water partition coefficient (Wildman–Crippen LogP) is 8.55. The van der Waals surface area contributed by atoms with E-state index in [0.717, 1.165) is 59.2 Å². The third-order valence-electron chi connectivity index (χ3n) is 10.4. The smallest absolute Gasteiger partial charge is 0.220 e. The van der Waals surface area contributed by atoms with Crippen molar-refractivity contribution in [1.82, 2.24) is 15.5 Å². The van der Waals surface area contributed by atoms with E-state index >= 15 is 0 Å². The minimum Gasteiger partial charge on any atom is -0.392 e. The van der Waals surface area contributed by atoms with Crippen molar-refractivity contribution in [3.05, 3.63) is 143 Å². The number of aliphatic hydroxyl groups excluding tert-OH is 1. The molecule has 0 unspecified atom stereocenters. The van der Waals surface area contributed by atoms with Crippen LogP contribution in [-0.2, 0) is 32.2 Å². The van der Waals surface area contributed by atoms with Gasteiger partial charge in [-0.15, -0.1) is 0 Å². The van der Waals surface area contributed by atoms with E-state index < -0.39 is 6.29 Å². The van der Waals surface area contributed by atoms with Crippen molar-refractivity contribution in [2.75, 3.05) is 20.1 Å². The lowest BCUT2D eigenvalue weighted by atomic mass is 9.98. The van der Waals surface area contributed by atoms with Gasteiger partial charge in [0.05, 0.1) is 18.8 Å². The van der Waals surface area contributed by atoms with Crippen molar-refractivity contribution in [3.8, 4) is 11.1 Å². The number of hydrogen-bond acceptors (Lipinski definition) is 6. The summed E-state index contributed by atoms with van der Waals surface area (Å²) in [7, 11) is 2.16. The van der Waals surface area contributed by atoms with Crippen LogP contribution in [0.4, 0.5) is 0 Å². The van der Waals surface area contributed by atoms with E-state index in [1.165, 1.54) is 23.3 Å². The van der Waals surface area contributed by atoms with E-state index in [2.05, 4.69) is 108 Å². The summed E-state index contributed by atoms with van der Waals surface area (Å²) in [4.78, 5) is 25.8. The fourth-order valence-electron chi connectivity index (χ4n) is 7.07. The molecule has 2 amide bonds. The van der Waals surface area contributed by atoms with Crippen molar-refractivity contribution in [2.45, 2.75) is 83.6 Å². The first-order valence-corrected chi connectivity index (χ1v) is 19.2. The second-order valence-corrected chi connectivity index (χ2v) is 14.5. The average molecular weight is 728 g/mol. The number of aliphatic hydroxyl groups is 1. The molecule has 54 heavy (non-hydrogen) atoms. The van der Waals surface area contributed by atoms with E-state index in [-0.39, 0.29) is 36.7 Å². The molecular formula is C46H53N3O5. The molecule has 6 rings (SSSR count). The van der Waals surface area contributed by atoms with Crippen LogP contribution >= 0.6 is 0 Å². The molecule has 8 heteroatoms. The number of fused-ring (bicyclic) bond motifs is 1. The highest BCUT2D eigenvalue weighted by molar-refractivity contribution is 5.83. The van der Waals surface area contributed by atoms with Gasteiger partial charge >= 0.3 is 0 Å². The highest BCUT2D eigenvalue weighted by Gasteiger charge is 2.33. The maximum atomic E-state index is 12.4. The molecule has 5 aromatic rings. The number of unbranched alkanes of at least 4 members (excludes halogenated alkanes) is 2. The summed E-state index contributed by atoms with van der Waals surface area (Å²) in [5.74, 6) is 0.0113. The molecule has 1 fully saturated rings. The molecule has 0 saturated carbocycles. The Morgan fingerprint density at radius 2 is 1.54 bits per heavy atom. The molecule has 282 valence electrons. The molecule has 4 atom stereocenters. The summed E-state index contributed by atoms with van der Waals surface area (Å²) < 4.78 is 13.4. The first-order chi connectivity index (χ1) is 26.2. The monoisotopic (exact) mass is 727 g/mol. The minimum absolute atomic E-state index is 0.00451. The number of likely N-dealkylation sites (N-methyl/N-ethyl adjacent to an activating group) is 1. The van der Waals surface area contributed by atoms with Crippen LogP contribution in [-0.4, -0.2) is 48.1 Å². The second-order valence-electron chi connectivity index (χ2n) is 14.5. The van der Waals surface area contributed by atoms with Gasteiger partial charge in [-0.05, 0) is 83.1 Å². The number of benzene rings is 5. The molecule has 8 nitrogen and oxygen atoms in total. The molecule has 3 N–H and O–H groups in total. The molecule has 1 saturated heterocycles. The van der Waals surface area contributed by atoms with Gasteiger partial charge in [-0.2, -0.15) is 0 Å². The number of hydrogen-bond donors (Lipinski definition) is 3. The highest BCUT2D eigenvalue weighted by Crippen LogP contribution is 2.39. The Labute approximate surface area is 319 Å². The van der Waals surface area contributed by atoms with Crippen molar-refractivity contribution >= 4 is 22.6 Å². The number of amides is 2. The third-order valence-corrected chi connectivity index (χ3v) is 10.4. The van der Waals surface area contributed by atoms with Crippen LogP contribution in [0.1, 0.15) is 92.2 Å². The van der Waals surface area contributed by atoms with E-state index in [1.54, 1.807) is 0 Å². The van der Waals surface area contributed by atoms with E-state index in [9.17, 15) is 14.7 Å². The maximum Gasteiger partial charge on any atom is 0.220 e. The largest absolute Gasteiger partial charge is 0.392 e. The summed E-state index contributed by atoms with van der Waals surface area (Å²) in [5.41, 5.74) is 7.33. The first kappa shape index (κ1) is 38.9. The van der Waals surface area contributed by atoms with Gasteiger partial charge in [0.1, 0.15) is 0 Å². The lowest BCUT2D eigenvalue weighted by molar-refractivity contribution is -0.253. The number of nitrogens with one attached hydrogen (secondary N) is 2. The zero-order valence-corrected chi connectivity index (χ0v) is 31.7. The minimum atomic E-state index is -0.545. The number of rotatable bonds is 16. The first-order valence-electron chi connectivity index (χ1n) is 19.2. The van der Waals surface area contributed by atoms with Gasteiger partial charge in [-0.3, -0.25) is 14.5 Å². The molecule has 5 aromatic carbocycles. The van der Waals surface area contributed by atoms with Crippen LogP contribution in [0.5, 0.6) is 0 Å². The van der Waals surface area contributed by atoms with Crippen LogP contribution < -0.4 is 10.6 Å². The zero-order chi connectivity index (χ0) is 37.9. The summed E-state index contributed by atoms with van der Waals surface area (Å²) in [5, 5.41) is 17.9. The van der Waals surface area contributed by atoms with Crippen molar-refractivity contribution in [3.63, 3.8) is 0 Å². The normalized spacial score (nSPS) is 17.7. The molecule has 1 aliphatic heterocycles. The SMILES string of the molecule is CC(=O)NCCCCCC(=O)NCc1cccc(-c2ccc([C@@H]3O[C@H](CN(C)[C@H](C)c4ccc5ccccc5c4)C[C@H](c4ccc(CO)cc4)O3)cc2)c1. The van der Waals surface area contributed by atoms with Crippen molar-refractivity contribution < 1.29 is 24.2 Å². The van der Waals surface area contributed by atoms with Gasteiger partial charge in [0.2, 0.25) is 11.8 Å². The van der Waals surface area contributed by atoms with Gasteiger partial charge in [0, 0.05) is 51.0 Å². The maximum absolute atomic E-state index is 12.4. The molecule has 1 heterocycles. The van der Waals surface area contributed by atoms with E-state index in [4.69, 9.17) is 9.47 Å². The Hall–Kier alpha value is -4.86.